The van der Waals surface area contributed by atoms with Gasteiger partial charge in [0.1, 0.15) is 0 Å². The van der Waals surface area contributed by atoms with Crippen molar-refractivity contribution in [3.8, 4) is 0 Å². The molecular formula is C8H19N3O3S. The smallest absolute Gasteiger partial charge is 0.279 e. The van der Waals surface area contributed by atoms with Gasteiger partial charge in [-0.05, 0) is 13.8 Å². The molecule has 15 heavy (non-hydrogen) atoms. The molecule has 0 bridgehead atoms. The molecule has 0 spiro atoms. The van der Waals surface area contributed by atoms with Gasteiger partial charge >= 0.3 is 0 Å². The Labute approximate surface area is 91.4 Å². The third-order valence-electron chi connectivity index (χ3n) is 2.00. The largest absolute Gasteiger partial charge is 0.342 e. The molecule has 0 aliphatic carbocycles. The molecule has 0 aromatic rings. The standard InChI is InChI=1S/C8H19N3O3S/c1-5-11(6-2)8(12)7-9-15(13,14)10(3)4/h9H,5-7H2,1-4H3. The van der Waals surface area contributed by atoms with Crippen molar-refractivity contribution >= 4 is 16.1 Å². The Kier molecular flexibility index (Phi) is 5.77. The highest BCUT2D eigenvalue weighted by molar-refractivity contribution is 7.87. The number of nitrogens with zero attached hydrogens (tertiary/aromatic N) is 2. The molecule has 90 valence electrons. The zero-order valence-corrected chi connectivity index (χ0v) is 10.5. The van der Waals surface area contributed by atoms with E-state index in [4.69, 9.17) is 0 Å². The fourth-order valence-corrected chi connectivity index (χ4v) is 1.53. The van der Waals surface area contributed by atoms with Crippen molar-refractivity contribution in [2.24, 2.45) is 0 Å². The summed E-state index contributed by atoms with van der Waals surface area (Å²) < 4.78 is 25.8. The van der Waals surface area contributed by atoms with Crippen LogP contribution in [0.3, 0.4) is 0 Å². The summed E-state index contributed by atoms with van der Waals surface area (Å²) in [6.45, 7) is 4.67. The van der Waals surface area contributed by atoms with E-state index in [1.807, 2.05) is 13.8 Å². The molecule has 0 fully saturated rings. The molecule has 0 saturated carbocycles. The first kappa shape index (κ1) is 14.3. The molecule has 0 rings (SSSR count). The molecule has 0 aliphatic rings. The Bertz CT molecular complexity index is 296. The second-order valence-electron chi connectivity index (χ2n) is 3.17. The Morgan fingerprint density at radius 3 is 2.00 bits per heavy atom. The van der Waals surface area contributed by atoms with Gasteiger partial charge in [0.2, 0.25) is 5.91 Å². The summed E-state index contributed by atoms with van der Waals surface area (Å²) in [6, 6.07) is 0. The molecule has 1 amide bonds. The molecule has 0 radical (unpaired) electrons. The van der Waals surface area contributed by atoms with Crippen molar-refractivity contribution in [3.63, 3.8) is 0 Å². The minimum atomic E-state index is -3.51. The summed E-state index contributed by atoms with van der Waals surface area (Å²) in [4.78, 5) is 13.0. The van der Waals surface area contributed by atoms with E-state index in [1.165, 1.54) is 14.1 Å². The van der Waals surface area contributed by atoms with Crippen LogP contribution >= 0.6 is 0 Å². The van der Waals surface area contributed by atoms with Crippen LogP contribution in [0.2, 0.25) is 0 Å². The van der Waals surface area contributed by atoms with Gasteiger partial charge in [-0.1, -0.05) is 0 Å². The van der Waals surface area contributed by atoms with Crippen molar-refractivity contribution < 1.29 is 13.2 Å². The first-order valence-corrected chi connectivity index (χ1v) is 6.24. The number of hydrogen-bond acceptors (Lipinski definition) is 3. The maximum atomic E-state index is 11.5. The van der Waals surface area contributed by atoms with E-state index in [0.717, 1.165) is 4.31 Å². The monoisotopic (exact) mass is 237 g/mol. The summed E-state index contributed by atoms with van der Waals surface area (Å²) in [6.07, 6.45) is 0. The molecule has 0 aromatic carbocycles. The quantitative estimate of drug-likeness (QED) is 0.661. The molecule has 0 aromatic heterocycles. The number of likely N-dealkylation sites (N-methyl/N-ethyl adjacent to an activating group) is 1. The van der Waals surface area contributed by atoms with E-state index in [0.29, 0.717) is 13.1 Å². The molecule has 0 unspecified atom stereocenters. The van der Waals surface area contributed by atoms with Crippen molar-refractivity contribution in [2.75, 3.05) is 33.7 Å². The lowest BCUT2D eigenvalue weighted by Crippen LogP contribution is -2.43. The van der Waals surface area contributed by atoms with Crippen molar-refractivity contribution in [1.82, 2.24) is 13.9 Å². The van der Waals surface area contributed by atoms with Crippen LogP contribution < -0.4 is 4.72 Å². The third kappa shape index (κ3) is 4.59. The van der Waals surface area contributed by atoms with Crippen LogP contribution in [0.4, 0.5) is 0 Å². The van der Waals surface area contributed by atoms with Gasteiger partial charge in [0, 0.05) is 27.2 Å². The fraction of sp³-hybridized carbons (Fsp3) is 0.875. The zero-order chi connectivity index (χ0) is 12.1. The molecule has 0 atom stereocenters. The molecule has 0 aliphatic heterocycles. The van der Waals surface area contributed by atoms with Gasteiger partial charge in [0.15, 0.2) is 0 Å². The normalized spacial score (nSPS) is 11.8. The van der Waals surface area contributed by atoms with Gasteiger partial charge in [-0.2, -0.15) is 17.4 Å². The van der Waals surface area contributed by atoms with E-state index in [-0.39, 0.29) is 12.5 Å². The molecule has 6 nitrogen and oxygen atoms in total. The first-order valence-electron chi connectivity index (χ1n) is 4.80. The van der Waals surface area contributed by atoms with Gasteiger partial charge in [0.25, 0.3) is 10.2 Å². The molecule has 7 heteroatoms. The highest BCUT2D eigenvalue weighted by Crippen LogP contribution is 1.91. The van der Waals surface area contributed by atoms with E-state index in [1.54, 1.807) is 4.90 Å². The summed E-state index contributed by atoms with van der Waals surface area (Å²) in [5.74, 6) is -0.217. The van der Waals surface area contributed by atoms with Gasteiger partial charge in [-0.3, -0.25) is 4.79 Å². The zero-order valence-electron chi connectivity index (χ0n) is 9.65. The van der Waals surface area contributed by atoms with Crippen LogP contribution in [-0.4, -0.2) is 57.3 Å². The lowest BCUT2D eigenvalue weighted by molar-refractivity contribution is -0.129. The maximum absolute atomic E-state index is 11.5. The third-order valence-corrected chi connectivity index (χ3v) is 3.47. The van der Waals surface area contributed by atoms with Crippen molar-refractivity contribution in [2.45, 2.75) is 13.8 Å². The lowest BCUT2D eigenvalue weighted by atomic mass is 10.4. The maximum Gasteiger partial charge on any atom is 0.279 e. The summed E-state index contributed by atoms with van der Waals surface area (Å²) in [5.41, 5.74) is 0. The Morgan fingerprint density at radius 2 is 1.67 bits per heavy atom. The number of amides is 1. The summed E-state index contributed by atoms with van der Waals surface area (Å²) >= 11 is 0. The topological polar surface area (TPSA) is 69.7 Å². The molecule has 0 heterocycles. The Balaban J connectivity index is 4.23. The van der Waals surface area contributed by atoms with Crippen LogP contribution in [0.1, 0.15) is 13.8 Å². The Hall–Kier alpha value is -0.660. The average molecular weight is 237 g/mol. The first-order chi connectivity index (χ1) is 6.85. The van der Waals surface area contributed by atoms with E-state index >= 15 is 0 Å². The van der Waals surface area contributed by atoms with E-state index < -0.39 is 10.2 Å². The minimum Gasteiger partial charge on any atom is -0.342 e. The number of hydrogen-bond donors (Lipinski definition) is 1. The predicted octanol–water partition coefficient (Wildman–Crippen LogP) is -0.749. The van der Waals surface area contributed by atoms with Gasteiger partial charge < -0.3 is 4.90 Å². The summed E-state index contributed by atoms with van der Waals surface area (Å²) in [5, 5.41) is 0. The number of rotatable bonds is 6. The van der Waals surface area contributed by atoms with Crippen LogP contribution in [-0.2, 0) is 15.0 Å². The highest BCUT2D eigenvalue weighted by atomic mass is 32.2. The second-order valence-corrected chi connectivity index (χ2v) is 5.14. The van der Waals surface area contributed by atoms with Gasteiger partial charge in [-0.25, -0.2) is 0 Å². The van der Waals surface area contributed by atoms with Crippen molar-refractivity contribution in [1.29, 1.82) is 0 Å². The van der Waals surface area contributed by atoms with Gasteiger partial charge in [0.05, 0.1) is 6.54 Å². The molecule has 1 N–H and O–H groups in total. The molecular weight excluding hydrogens is 218 g/mol. The highest BCUT2D eigenvalue weighted by Gasteiger charge is 2.16. The fourth-order valence-electron chi connectivity index (χ4n) is 0.970. The van der Waals surface area contributed by atoms with E-state index in [2.05, 4.69) is 4.72 Å². The van der Waals surface area contributed by atoms with Crippen molar-refractivity contribution in [3.05, 3.63) is 0 Å². The number of carbonyl (C=O) groups excluding carboxylic acids is 1. The summed E-state index contributed by atoms with van der Waals surface area (Å²) in [7, 11) is -0.693. The van der Waals surface area contributed by atoms with Crippen LogP contribution in [0.25, 0.3) is 0 Å². The van der Waals surface area contributed by atoms with Crippen LogP contribution in [0.5, 0.6) is 0 Å². The Morgan fingerprint density at radius 1 is 1.20 bits per heavy atom. The van der Waals surface area contributed by atoms with E-state index in [9.17, 15) is 13.2 Å². The molecule has 0 saturated heterocycles. The average Bonchev–Trinajstić information content (AvgIpc) is 2.16. The second kappa shape index (κ2) is 6.04. The predicted molar refractivity (Wildman–Crippen MR) is 58.5 cm³/mol. The number of nitrogens with one attached hydrogen (secondary N) is 1. The number of carbonyl (C=O) groups is 1. The SMILES string of the molecule is CCN(CC)C(=O)CNS(=O)(=O)N(C)C. The lowest BCUT2D eigenvalue weighted by Gasteiger charge is -2.19. The minimum absolute atomic E-state index is 0.192. The van der Waals surface area contributed by atoms with Crippen LogP contribution in [0.15, 0.2) is 0 Å². The van der Waals surface area contributed by atoms with Gasteiger partial charge in [-0.15, -0.1) is 0 Å². The van der Waals surface area contributed by atoms with Crippen LogP contribution in [0, 0.1) is 0 Å².